The highest BCUT2D eigenvalue weighted by Gasteiger charge is 2.15. The fourth-order valence-electron chi connectivity index (χ4n) is 5.32. The van der Waals surface area contributed by atoms with Gasteiger partial charge in [0, 0.05) is 33.4 Å². The summed E-state index contributed by atoms with van der Waals surface area (Å²) in [6.07, 6.45) is 0. The molecule has 0 spiro atoms. The van der Waals surface area contributed by atoms with Gasteiger partial charge in [0.2, 0.25) is 0 Å². The molecule has 0 unspecified atom stereocenters. The maximum absolute atomic E-state index is 7.36. The molecule has 6 aromatic carbocycles. The van der Waals surface area contributed by atoms with E-state index in [4.69, 9.17) is 11.0 Å². The molecular weight excluding hydrogens is 488 g/mol. The number of fused-ring (bicyclic) bond motifs is 3. The molecule has 7 aromatic rings. The van der Waals surface area contributed by atoms with Crippen LogP contribution in [-0.4, -0.2) is 0 Å². The topological polar surface area (TPSA) is 20.7 Å². The predicted molar refractivity (Wildman–Crippen MR) is 166 cm³/mol. The van der Waals surface area contributed by atoms with Crippen molar-refractivity contribution in [3.63, 3.8) is 0 Å². The Morgan fingerprint density at radius 3 is 1.70 bits per heavy atom. The van der Waals surface area contributed by atoms with Gasteiger partial charge < -0.3 is 9.32 Å². The van der Waals surface area contributed by atoms with Crippen molar-refractivity contribution >= 4 is 44.7 Å². The lowest BCUT2D eigenvalue weighted by molar-refractivity contribution is 0.670. The van der Waals surface area contributed by atoms with Gasteiger partial charge in [-0.05, 0) is 59.2 Å². The van der Waals surface area contributed by atoms with Crippen LogP contribution in [0.5, 0.6) is 0 Å². The predicted octanol–water partition coefficient (Wildman–Crippen LogP) is 10.9. The molecule has 0 aliphatic heterocycles. The van der Waals surface area contributed by atoms with E-state index in [1.54, 1.807) is 0 Å². The molecule has 0 fully saturated rings. The lowest BCUT2D eigenvalue weighted by Crippen LogP contribution is -2.09. The van der Waals surface area contributed by atoms with Crippen molar-refractivity contribution < 1.29 is 4.42 Å². The summed E-state index contributed by atoms with van der Waals surface area (Å²) in [5, 5.41) is 2.25. The molecule has 0 bridgehead atoms. The fourth-order valence-corrected chi connectivity index (χ4v) is 5.32. The average molecular weight is 513 g/mol. The second-order valence-electron chi connectivity index (χ2n) is 9.70. The third kappa shape index (κ3) is 4.18. The number of furan rings is 1. The first-order valence-electron chi connectivity index (χ1n) is 13.2. The molecule has 1 aromatic heterocycles. The maximum atomic E-state index is 7.36. The Kier molecular flexibility index (Phi) is 5.85. The van der Waals surface area contributed by atoms with E-state index in [9.17, 15) is 0 Å². The third-order valence-electron chi connectivity index (χ3n) is 7.31. The number of benzene rings is 6. The number of hydrogen-bond donors (Lipinski definition) is 0. The molecule has 0 saturated heterocycles. The zero-order chi connectivity index (χ0) is 26.9. The molecule has 188 valence electrons. The van der Waals surface area contributed by atoms with Gasteiger partial charge in [0.05, 0.1) is 6.57 Å². The van der Waals surface area contributed by atoms with E-state index in [1.807, 2.05) is 48.5 Å². The second kappa shape index (κ2) is 9.94. The van der Waals surface area contributed by atoms with Crippen molar-refractivity contribution in [2.75, 3.05) is 4.90 Å². The molecule has 40 heavy (non-hydrogen) atoms. The minimum absolute atomic E-state index is 0.623. The van der Waals surface area contributed by atoms with E-state index >= 15 is 0 Å². The van der Waals surface area contributed by atoms with E-state index in [2.05, 4.69) is 107 Å². The quantitative estimate of drug-likeness (QED) is 0.214. The van der Waals surface area contributed by atoms with Crippen molar-refractivity contribution in [3.8, 4) is 22.3 Å². The summed E-state index contributed by atoms with van der Waals surface area (Å²) in [5.74, 6) is 0. The third-order valence-corrected chi connectivity index (χ3v) is 7.31. The molecule has 0 saturated carbocycles. The van der Waals surface area contributed by atoms with Gasteiger partial charge in [0.15, 0.2) is 5.69 Å². The monoisotopic (exact) mass is 512 g/mol. The van der Waals surface area contributed by atoms with Crippen LogP contribution >= 0.6 is 0 Å². The molecule has 0 amide bonds. The van der Waals surface area contributed by atoms with Crippen molar-refractivity contribution in [3.05, 3.63) is 157 Å². The van der Waals surface area contributed by atoms with E-state index < -0.39 is 0 Å². The Hall–Kier alpha value is -5.59. The van der Waals surface area contributed by atoms with Gasteiger partial charge >= 0.3 is 0 Å². The van der Waals surface area contributed by atoms with Crippen molar-refractivity contribution in [1.29, 1.82) is 0 Å². The highest BCUT2D eigenvalue weighted by atomic mass is 16.3. The van der Waals surface area contributed by atoms with Crippen LogP contribution in [0.25, 0.3) is 49.0 Å². The minimum Gasteiger partial charge on any atom is -0.455 e. The summed E-state index contributed by atoms with van der Waals surface area (Å²) in [6.45, 7) is 7.36. The largest absolute Gasteiger partial charge is 0.455 e. The molecule has 0 atom stereocenters. The highest BCUT2D eigenvalue weighted by molar-refractivity contribution is 6.09. The van der Waals surface area contributed by atoms with Crippen LogP contribution in [-0.2, 0) is 0 Å². The standard InChI is InChI=1S/C37H24N2O/c1-38-29-18-24-32(25-19-29)39(30-20-14-27(15-21-30)26-8-3-2-4-9-26)31-22-16-28(17-23-31)33-11-7-12-35-34-10-5-6-13-36(34)40-37(33)35/h2-25H. The highest BCUT2D eigenvalue weighted by Crippen LogP contribution is 2.39. The van der Waals surface area contributed by atoms with E-state index in [1.165, 1.54) is 11.1 Å². The van der Waals surface area contributed by atoms with Crippen LogP contribution in [0.1, 0.15) is 0 Å². The van der Waals surface area contributed by atoms with Crippen LogP contribution in [0, 0.1) is 6.57 Å². The van der Waals surface area contributed by atoms with E-state index in [0.29, 0.717) is 5.69 Å². The fraction of sp³-hybridized carbons (Fsp3) is 0. The summed E-state index contributed by atoms with van der Waals surface area (Å²) in [5.41, 5.74) is 10.0. The zero-order valence-corrected chi connectivity index (χ0v) is 21.7. The molecule has 3 nitrogen and oxygen atoms in total. The summed E-state index contributed by atoms with van der Waals surface area (Å²) in [4.78, 5) is 5.79. The van der Waals surface area contributed by atoms with Crippen LogP contribution in [0.4, 0.5) is 22.7 Å². The first-order chi connectivity index (χ1) is 19.8. The number of para-hydroxylation sites is 2. The molecule has 7 rings (SSSR count). The SMILES string of the molecule is [C-]#[N+]c1ccc(N(c2ccc(-c3ccccc3)cc2)c2ccc(-c3cccc4c3oc3ccccc34)cc2)cc1. The van der Waals surface area contributed by atoms with Gasteiger partial charge in [0.25, 0.3) is 0 Å². The van der Waals surface area contributed by atoms with E-state index in [0.717, 1.165) is 50.1 Å². The Morgan fingerprint density at radius 2 is 1.02 bits per heavy atom. The van der Waals surface area contributed by atoms with Crippen LogP contribution < -0.4 is 4.90 Å². The van der Waals surface area contributed by atoms with Crippen LogP contribution in [0.2, 0.25) is 0 Å². The number of hydrogen-bond acceptors (Lipinski definition) is 2. The second-order valence-corrected chi connectivity index (χ2v) is 9.70. The summed E-state index contributed by atoms with van der Waals surface area (Å²) in [6, 6.07) is 49.8. The van der Waals surface area contributed by atoms with Gasteiger partial charge in [-0.3, -0.25) is 0 Å². The number of nitrogens with zero attached hydrogens (tertiary/aromatic N) is 2. The summed E-state index contributed by atoms with van der Waals surface area (Å²) < 4.78 is 6.29. The maximum Gasteiger partial charge on any atom is 0.187 e. The summed E-state index contributed by atoms with van der Waals surface area (Å²) >= 11 is 0. The smallest absolute Gasteiger partial charge is 0.187 e. The van der Waals surface area contributed by atoms with Crippen molar-refractivity contribution in [2.45, 2.75) is 0 Å². The first kappa shape index (κ1) is 23.5. The number of anilines is 3. The zero-order valence-electron chi connectivity index (χ0n) is 21.7. The average Bonchev–Trinajstić information content (AvgIpc) is 3.42. The molecular formula is C37H24N2O. The Labute approximate surface area is 233 Å². The Balaban J connectivity index is 1.30. The van der Waals surface area contributed by atoms with Crippen molar-refractivity contribution in [1.82, 2.24) is 0 Å². The van der Waals surface area contributed by atoms with Gasteiger partial charge in [-0.15, -0.1) is 0 Å². The molecule has 0 N–H and O–H groups in total. The number of rotatable bonds is 5. The molecule has 3 heteroatoms. The lowest BCUT2D eigenvalue weighted by Gasteiger charge is -2.26. The Bertz CT molecular complexity index is 1980. The summed E-state index contributed by atoms with van der Waals surface area (Å²) in [7, 11) is 0. The van der Waals surface area contributed by atoms with Crippen molar-refractivity contribution in [2.24, 2.45) is 0 Å². The molecule has 1 heterocycles. The molecule has 0 aliphatic carbocycles. The minimum atomic E-state index is 0.623. The Morgan fingerprint density at radius 1 is 0.475 bits per heavy atom. The first-order valence-corrected chi connectivity index (χ1v) is 13.2. The van der Waals surface area contributed by atoms with Gasteiger partial charge in [0.1, 0.15) is 11.2 Å². The lowest BCUT2D eigenvalue weighted by atomic mass is 10.0. The van der Waals surface area contributed by atoms with Crippen LogP contribution in [0.3, 0.4) is 0 Å². The van der Waals surface area contributed by atoms with Gasteiger partial charge in [-0.2, -0.15) is 0 Å². The van der Waals surface area contributed by atoms with Gasteiger partial charge in [-0.1, -0.05) is 103 Å². The normalized spacial score (nSPS) is 11.0. The molecule has 0 aliphatic rings. The van der Waals surface area contributed by atoms with Crippen LogP contribution in [0.15, 0.2) is 150 Å². The molecule has 0 radical (unpaired) electrons. The van der Waals surface area contributed by atoms with Gasteiger partial charge in [-0.25, -0.2) is 4.85 Å². The van der Waals surface area contributed by atoms with E-state index in [-0.39, 0.29) is 0 Å².